The molecule has 21 heavy (non-hydrogen) atoms. The zero-order chi connectivity index (χ0) is 15.2. The Kier molecular flexibility index (Phi) is 3.30. The highest BCUT2D eigenvalue weighted by molar-refractivity contribution is 7.92. The van der Waals surface area contributed by atoms with E-state index < -0.39 is 20.7 Å². The molecule has 0 saturated carbocycles. The lowest BCUT2D eigenvalue weighted by Gasteiger charge is -2.21. The third-order valence-corrected chi connectivity index (χ3v) is 5.51. The molecule has 2 aromatic rings. The van der Waals surface area contributed by atoms with Gasteiger partial charge in [-0.05, 0) is 36.2 Å². The highest BCUT2D eigenvalue weighted by Gasteiger charge is 2.34. The maximum Gasteiger partial charge on any atom is 0.267 e. The van der Waals surface area contributed by atoms with Crippen LogP contribution in [0.1, 0.15) is 5.56 Å². The van der Waals surface area contributed by atoms with Gasteiger partial charge in [0.1, 0.15) is 10.7 Å². The second-order valence-corrected chi connectivity index (χ2v) is 7.02. The number of sulfonamides is 1. The van der Waals surface area contributed by atoms with Crippen LogP contribution in [0, 0.1) is 5.82 Å². The molecule has 0 saturated heterocycles. The van der Waals surface area contributed by atoms with Crippen molar-refractivity contribution in [1.82, 2.24) is 0 Å². The Labute approximate surface area is 127 Å². The molecule has 2 aromatic carbocycles. The van der Waals surface area contributed by atoms with Crippen LogP contribution in [-0.2, 0) is 16.4 Å². The van der Waals surface area contributed by atoms with E-state index in [2.05, 4.69) is 0 Å². The molecule has 2 N–H and O–H groups in total. The Morgan fingerprint density at radius 1 is 1.24 bits per heavy atom. The largest absolute Gasteiger partial charge is 0.397 e. The number of anilines is 2. The second-order valence-electron chi connectivity index (χ2n) is 4.76. The number of para-hydroxylation sites is 1. The lowest BCUT2D eigenvalue weighted by atomic mass is 10.1. The molecule has 0 aromatic heterocycles. The Morgan fingerprint density at radius 2 is 2.00 bits per heavy atom. The fraction of sp³-hybridized carbons (Fsp3) is 0.143. The van der Waals surface area contributed by atoms with E-state index in [-0.39, 0.29) is 11.6 Å². The van der Waals surface area contributed by atoms with Crippen LogP contribution in [0.25, 0.3) is 0 Å². The van der Waals surface area contributed by atoms with Crippen LogP contribution in [0.2, 0.25) is 5.02 Å². The van der Waals surface area contributed by atoms with Crippen LogP contribution in [-0.4, -0.2) is 15.0 Å². The first-order chi connectivity index (χ1) is 9.91. The minimum atomic E-state index is -4.00. The van der Waals surface area contributed by atoms with Crippen molar-refractivity contribution in [2.45, 2.75) is 11.3 Å². The van der Waals surface area contributed by atoms with Crippen LogP contribution in [0.15, 0.2) is 41.3 Å². The second kappa shape index (κ2) is 4.89. The number of nitrogen functional groups attached to an aromatic ring is 1. The van der Waals surface area contributed by atoms with Gasteiger partial charge in [-0.15, -0.1) is 0 Å². The van der Waals surface area contributed by atoms with Gasteiger partial charge in [0, 0.05) is 11.6 Å². The topological polar surface area (TPSA) is 63.4 Å². The van der Waals surface area contributed by atoms with Gasteiger partial charge < -0.3 is 5.73 Å². The first kappa shape index (κ1) is 14.2. The molecule has 0 radical (unpaired) electrons. The molecule has 0 aliphatic carbocycles. The summed E-state index contributed by atoms with van der Waals surface area (Å²) in [4.78, 5) is -0.400. The normalized spacial score (nSPS) is 14.3. The molecule has 0 fully saturated rings. The van der Waals surface area contributed by atoms with Crippen LogP contribution in [0.3, 0.4) is 0 Å². The predicted octanol–water partition coefficient (Wildman–Crippen LogP) is 2.81. The minimum Gasteiger partial charge on any atom is -0.397 e. The fourth-order valence-corrected chi connectivity index (χ4v) is 4.23. The number of benzene rings is 2. The monoisotopic (exact) mass is 326 g/mol. The summed E-state index contributed by atoms with van der Waals surface area (Å²) in [7, 11) is -4.00. The molecule has 4 nitrogen and oxygen atoms in total. The van der Waals surface area contributed by atoms with E-state index in [1.165, 1.54) is 12.1 Å². The molecule has 0 amide bonds. The van der Waals surface area contributed by atoms with Crippen molar-refractivity contribution in [1.29, 1.82) is 0 Å². The van der Waals surface area contributed by atoms with Gasteiger partial charge in [0.15, 0.2) is 0 Å². The molecule has 1 aliphatic rings. The summed E-state index contributed by atoms with van der Waals surface area (Å²) < 4.78 is 40.4. The summed E-state index contributed by atoms with van der Waals surface area (Å²) in [5, 5.41) is 0.146. The molecule has 0 unspecified atom stereocenters. The summed E-state index contributed by atoms with van der Waals surface area (Å²) in [6.07, 6.45) is 0.550. The summed E-state index contributed by atoms with van der Waals surface area (Å²) in [6, 6.07) is 8.73. The molecular weight excluding hydrogens is 315 g/mol. The maximum atomic E-state index is 14.0. The van der Waals surface area contributed by atoms with Gasteiger partial charge in [0.05, 0.1) is 11.4 Å². The third-order valence-electron chi connectivity index (χ3n) is 3.45. The number of hydrogen-bond acceptors (Lipinski definition) is 3. The van der Waals surface area contributed by atoms with Crippen LogP contribution < -0.4 is 10.0 Å². The lowest BCUT2D eigenvalue weighted by molar-refractivity contribution is 0.564. The van der Waals surface area contributed by atoms with Gasteiger partial charge in [-0.1, -0.05) is 23.7 Å². The Morgan fingerprint density at radius 3 is 2.71 bits per heavy atom. The van der Waals surface area contributed by atoms with E-state index >= 15 is 0 Å². The number of hydrogen-bond donors (Lipinski definition) is 1. The quantitative estimate of drug-likeness (QED) is 0.863. The minimum absolute atomic E-state index is 0.146. The van der Waals surface area contributed by atoms with Crippen molar-refractivity contribution in [3.8, 4) is 0 Å². The van der Waals surface area contributed by atoms with Crippen molar-refractivity contribution in [3.05, 3.63) is 52.8 Å². The average Bonchev–Trinajstić information content (AvgIpc) is 2.84. The van der Waals surface area contributed by atoms with Crippen molar-refractivity contribution in [2.75, 3.05) is 16.6 Å². The van der Waals surface area contributed by atoms with Crippen LogP contribution in [0.5, 0.6) is 0 Å². The van der Waals surface area contributed by atoms with E-state index in [0.717, 1.165) is 15.9 Å². The Bertz CT molecular complexity index is 824. The van der Waals surface area contributed by atoms with Gasteiger partial charge in [-0.2, -0.15) is 0 Å². The zero-order valence-corrected chi connectivity index (χ0v) is 12.5. The lowest BCUT2D eigenvalue weighted by Crippen LogP contribution is -2.30. The first-order valence-corrected chi connectivity index (χ1v) is 8.08. The van der Waals surface area contributed by atoms with Crippen molar-refractivity contribution >= 4 is 33.0 Å². The SMILES string of the molecule is Nc1cccc2c1N(S(=O)(=O)c1ccc(Cl)cc1F)CC2. The molecule has 0 bridgehead atoms. The van der Waals surface area contributed by atoms with Crippen molar-refractivity contribution < 1.29 is 12.8 Å². The summed E-state index contributed by atoms with van der Waals surface area (Å²) in [6.45, 7) is 0.244. The number of nitrogens with two attached hydrogens (primary N) is 1. The summed E-state index contributed by atoms with van der Waals surface area (Å²) in [5.74, 6) is -0.870. The molecule has 7 heteroatoms. The summed E-state index contributed by atoms with van der Waals surface area (Å²) in [5.41, 5.74) is 7.52. The summed E-state index contributed by atoms with van der Waals surface area (Å²) >= 11 is 5.66. The Balaban J connectivity index is 2.14. The number of halogens is 2. The highest BCUT2D eigenvalue weighted by Crippen LogP contribution is 2.38. The van der Waals surface area contributed by atoms with Crippen molar-refractivity contribution in [3.63, 3.8) is 0 Å². The van der Waals surface area contributed by atoms with E-state index in [1.807, 2.05) is 6.07 Å². The number of fused-ring (bicyclic) bond motifs is 1. The molecule has 110 valence electrons. The van der Waals surface area contributed by atoms with Crippen LogP contribution >= 0.6 is 11.6 Å². The fourth-order valence-electron chi connectivity index (χ4n) is 2.49. The van der Waals surface area contributed by atoms with E-state index in [1.54, 1.807) is 12.1 Å². The molecule has 1 aliphatic heterocycles. The first-order valence-electron chi connectivity index (χ1n) is 6.26. The maximum absolute atomic E-state index is 14.0. The zero-order valence-electron chi connectivity index (χ0n) is 10.9. The van der Waals surface area contributed by atoms with E-state index in [0.29, 0.717) is 17.8 Å². The van der Waals surface area contributed by atoms with Gasteiger partial charge in [-0.3, -0.25) is 4.31 Å². The molecular formula is C14H12ClFN2O2S. The van der Waals surface area contributed by atoms with Crippen molar-refractivity contribution in [2.24, 2.45) is 0 Å². The van der Waals surface area contributed by atoms with Gasteiger partial charge in [-0.25, -0.2) is 12.8 Å². The highest BCUT2D eigenvalue weighted by atomic mass is 35.5. The third kappa shape index (κ3) is 2.24. The van der Waals surface area contributed by atoms with Gasteiger partial charge in [0.2, 0.25) is 0 Å². The molecule has 0 atom stereocenters. The van der Waals surface area contributed by atoms with Gasteiger partial charge >= 0.3 is 0 Å². The van der Waals surface area contributed by atoms with E-state index in [4.69, 9.17) is 17.3 Å². The average molecular weight is 327 g/mol. The number of nitrogens with zero attached hydrogens (tertiary/aromatic N) is 1. The molecule has 3 rings (SSSR count). The molecule has 1 heterocycles. The molecule has 0 spiro atoms. The standard InChI is InChI=1S/C14H12ClFN2O2S/c15-10-4-5-13(11(16)8-10)21(19,20)18-7-6-9-2-1-3-12(17)14(9)18/h1-5,8H,6-7,17H2. The van der Waals surface area contributed by atoms with Gasteiger partial charge in [0.25, 0.3) is 10.0 Å². The number of rotatable bonds is 2. The van der Waals surface area contributed by atoms with E-state index in [9.17, 15) is 12.8 Å². The van der Waals surface area contributed by atoms with Crippen LogP contribution in [0.4, 0.5) is 15.8 Å². The Hall–Kier alpha value is -1.79. The predicted molar refractivity (Wildman–Crippen MR) is 80.5 cm³/mol. The smallest absolute Gasteiger partial charge is 0.267 e.